The van der Waals surface area contributed by atoms with E-state index >= 15 is 0 Å². The predicted octanol–water partition coefficient (Wildman–Crippen LogP) is 4.49. The smallest absolute Gasteiger partial charge is 0.224 e. The van der Waals surface area contributed by atoms with Crippen molar-refractivity contribution in [3.05, 3.63) is 63.6 Å². The summed E-state index contributed by atoms with van der Waals surface area (Å²) in [5, 5.41) is 0. The van der Waals surface area contributed by atoms with Crippen LogP contribution >= 0.6 is 15.9 Å². The Bertz CT molecular complexity index is 706. The molecule has 3 rings (SSSR count). The second kappa shape index (κ2) is 5.25. The van der Waals surface area contributed by atoms with Crippen LogP contribution in [0.25, 0.3) is 12.2 Å². The lowest BCUT2D eigenvalue weighted by Gasteiger charge is -2.26. The van der Waals surface area contributed by atoms with Crippen molar-refractivity contribution < 1.29 is 4.79 Å². The molecule has 0 fully saturated rings. The first-order valence-corrected chi connectivity index (χ1v) is 7.28. The number of hydrogen-bond donors (Lipinski definition) is 0. The number of halogens is 1. The molecule has 100 valence electrons. The number of hydrogen-bond acceptors (Lipinski definition) is 1. The average Bonchev–Trinajstić information content (AvgIpc) is 2.41. The van der Waals surface area contributed by atoms with Gasteiger partial charge in [-0.2, -0.15) is 0 Å². The first-order valence-electron chi connectivity index (χ1n) is 6.49. The van der Waals surface area contributed by atoms with Crippen molar-refractivity contribution >= 4 is 39.7 Å². The standard InChI is InChI=1S/C17H14BrNO/c1-12(20)19-11-15-10-16(18)9-8-13(15)6-7-14-4-2-3-5-17(14)19/h2-10H,11H2,1H3. The molecule has 0 unspecified atom stereocenters. The van der Waals surface area contributed by atoms with Crippen molar-refractivity contribution in [2.45, 2.75) is 13.5 Å². The number of benzene rings is 2. The lowest BCUT2D eigenvalue weighted by atomic mass is 10.0. The number of carbonyl (C=O) groups excluding carboxylic acids is 1. The van der Waals surface area contributed by atoms with Gasteiger partial charge < -0.3 is 4.90 Å². The minimum Gasteiger partial charge on any atom is -0.308 e. The summed E-state index contributed by atoms with van der Waals surface area (Å²) in [6, 6.07) is 14.1. The van der Waals surface area contributed by atoms with Crippen LogP contribution in [0.1, 0.15) is 23.6 Å². The Morgan fingerprint density at radius 2 is 1.85 bits per heavy atom. The third-order valence-electron chi connectivity index (χ3n) is 3.48. The first-order chi connectivity index (χ1) is 9.65. The molecular formula is C17H14BrNO. The molecular weight excluding hydrogens is 314 g/mol. The fourth-order valence-electron chi connectivity index (χ4n) is 2.46. The Hall–Kier alpha value is -1.87. The van der Waals surface area contributed by atoms with Gasteiger partial charge in [0.25, 0.3) is 0 Å². The van der Waals surface area contributed by atoms with Crippen LogP contribution in [0.5, 0.6) is 0 Å². The fraction of sp³-hybridized carbons (Fsp3) is 0.118. The molecule has 1 heterocycles. The largest absolute Gasteiger partial charge is 0.308 e. The highest BCUT2D eigenvalue weighted by molar-refractivity contribution is 9.10. The number of anilines is 1. The number of amides is 1. The van der Waals surface area contributed by atoms with Crippen molar-refractivity contribution in [1.29, 1.82) is 0 Å². The lowest BCUT2D eigenvalue weighted by molar-refractivity contribution is -0.116. The topological polar surface area (TPSA) is 20.3 Å². The molecule has 0 saturated heterocycles. The van der Waals surface area contributed by atoms with Crippen LogP contribution in [0.4, 0.5) is 5.69 Å². The molecule has 1 aliphatic heterocycles. The van der Waals surface area contributed by atoms with Gasteiger partial charge in [0, 0.05) is 11.4 Å². The van der Waals surface area contributed by atoms with Crippen molar-refractivity contribution in [3.63, 3.8) is 0 Å². The van der Waals surface area contributed by atoms with Gasteiger partial charge in [0.1, 0.15) is 0 Å². The highest BCUT2D eigenvalue weighted by Crippen LogP contribution is 2.29. The van der Waals surface area contributed by atoms with Gasteiger partial charge in [-0.3, -0.25) is 4.79 Å². The van der Waals surface area contributed by atoms with Crippen LogP contribution in [0.15, 0.2) is 46.9 Å². The van der Waals surface area contributed by atoms with Gasteiger partial charge in [-0.05, 0) is 34.9 Å². The van der Waals surface area contributed by atoms with Gasteiger partial charge in [0.05, 0.1) is 12.2 Å². The third kappa shape index (κ3) is 2.41. The van der Waals surface area contributed by atoms with E-state index in [2.05, 4.69) is 40.2 Å². The van der Waals surface area contributed by atoms with Crippen LogP contribution in [-0.4, -0.2) is 5.91 Å². The molecule has 20 heavy (non-hydrogen) atoms. The molecule has 0 radical (unpaired) electrons. The summed E-state index contributed by atoms with van der Waals surface area (Å²) in [7, 11) is 0. The molecule has 1 aliphatic rings. The van der Waals surface area contributed by atoms with Gasteiger partial charge in [0.2, 0.25) is 5.91 Å². The number of rotatable bonds is 0. The molecule has 2 aromatic rings. The summed E-state index contributed by atoms with van der Waals surface area (Å²) in [5.41, 5.74) is 4.31. The zero-order chi connectivity index (χ0) is 14.1. The number of para-hydroxylation sites is 1. The van der Waals surface area contributed by atoms with E-state index in [0.29, 0.717) is 6.54 Å². The van der Waals surface area contributed by atoms with Crippen molar-refractivity contribution in [3.8, 4) is 0 Å². The Labute approximate surface area is 126 Å². The quantitative estimate of drug-likeness (QED) is 0.698. The summed E-state index contributed by atoms with van der Waals surface area (Å²) in [6.07, 6.45) is 4.18. The molecule has 1 amide bonds. The van der Waals surface area contributed by atoms with E-state index in [-0.39, 0.29) is 5.91 Å². The van der Waals surface area contributed by atoms with E-state index in [4.69, 9.17) is 0 Å². The van der Waals surface area contributed by atoms with E-state index < -0.39 is 0 Å². The maximum atomic E-state index is 12.0. The number of nitrogens with zero attached hydrogens (tertiary/aromatic N) is 1. The van der Waals surface area contributed by atoms with Crippen LogP contribution in [0, 0.1) is 0 Å². The highest BCUT2D eigenvalue weighted by Gasteiger charge is 2.17. The molecule has 2 nitrogen and oxygen atoms in total. The van der Waals surface area contributed by atoms with Gasteiger partial charge in [-0.1, -0.05) is 52.3 Å². The Morgan fingerprint density at radius 1 is 1.10 bits per heavy atom. The molecule has 0 aliphatic carbocycles. The monoisotopic (exact) mass is 327 g/mol. The molecule has 0 aromatic heterocycles. The second-order valence-electron chi connectivity index (χ2n) is 4.84. The van der Waals surface area contributed by atoms with E-state index in [1.54, 1.807) is 6.92 Å². The summed E-state index contributed by atoms with van der Waals surface area (Å²) in [5.74, 6) is 0.0543. The van der Waals surface area contributed by atoms with E-state index in [1.165, 1.54) is 0 Å². The second-order valence-corrected chi connectivity index (χ2v) is 5.76. The molecule has 0 saturated carbocycles. The molecule has 0 atom stereocenters. The van der Waals surface area contributed by atoms with Crippen LogP contribution in [0.3, 0.4) is 0 Å². The van der Waals surface area contributed by atoms with Gasteiger partial charge >= 0.3 is 0 Å². The number of carbonyl (C=O) groups is 1. The molecule has 0 bridgehead atoms. The van der Waals surface area contributed by atoms with Crippen molar-refractivity contribution in [2.24, 2.45) is 0 Å². The van der Waals surface area contributed by atoms with Crippen LogP contribution < -0.4 is 4.90 Å². The zero-order valence-corrected chi connectivity index (χ0v) is 12.7. The van der Waals surface area contributed by atoms with Crippen LogP contribution in [0.2, 0.25) is 0 Å². The van der Waals surface area contributed by atoms with Gasteiger partial charge in [-0.25, -0.2) is 0 Å². The van der Waals surface area contributed by atoms with Crippen molar-refractivity contribution in [2.75, 3.05) is 4.90 Å². The first kappa shape index (κ1) is 13.1. The molecule has 3 heteroatoms. The molecule has 0 spiro atoms. The average molecular weight is 328 g/mol. The molecule has 0 N–H and O–H groups in total. The Morgan fingerprint density at radius 3 is 2.65 bits per heavy atom. The normalized spacial score (nSPS) is 13.2. The van der Waals surface area contributed by atoms with E-state index in [0.717, 1.165) is 26.9 Å². The minimum atomic E-state index is 0.0543. The Kier molecular flexibility index (Phi) is 3.45. The van der Waals surface area contributed by atoms with Crippen molar-refractivity contribution in [1.82, 2.24) is 0 Å². The maximum absolute atomic E-state index is 12.0. The highest BCUT2D eigenvalue weighted by atomic mass is 79.9. The summed E-state index contributed by atoms with van der Waals surface area (Å²) < 4.78 is 1.03. The lowest BCUT2D eigenvalue weighted by Crippen LogP contribution is -2.29. The summed E-state index contributed by atoms with van der Waals surface area (Å²) >= 11 is 3.50. The van der Waals surface area contributed by atoms with E-state index in [1.807, 2.05) is 35.2 Å². The minimum absolute atomic E-state index is 0.0543. The third-order valence-corrected chi connectivity index (χ3v) is 3.98. The van der Waals surface area contributed by atoms with Crippen LogP contribution in [-0.2, 0) is 11.3 Å². The van der Waals surface area contributed by atoms with Gasteiger partial charge in [-0.15, -0.1) is 0 Å². The van der Waals surface area contributed by atoms with Gasteiger partial charge in [0.15, 0.2) is 0 Å². The summed E-state index contributed by atoms with van der Waals surface area (Å²) in [4.78, 5) is 13.8. The van der Waals surface area contributed by atoms with E-state index in [9.17, 15) is 4.79 Å². The number of fused-ring (bicyclic) bond motifs is 2. The SMILES string of the molecule is CC(=O)N1Cc2cc(Br)ccc2C=Cc2ccccc21. The zero-order valence-electron chi connectivity index (χ0n) is 11.1. The predicted molar refractivity (Wildman–Crippen MR) is 86.4 cm³/mol. The summed E-state index contributed by atoms with van der Waals surface area (Å²) in [6.45, 7) is 2.20. The molecule has 2 aromatic carbocycles. The Balaban J connectivity index is 2.19. The fourth-order valence-corrected chi connectivity index (χ4v) is 2.87. The maximum Gasteiger partial charge on any atom is 0.224 e.